The lowest BCUT2D eigenvalue weighted by atomic mass is 10.1. The predicted molar refractivity (Wildman–Crippen MR) is 108 cm³/mol. The fraction of sp³-hybridized carbons (Fsp3) is 0.421. The number of anilines is 1. The van der Waals surface area contributed by atoms with Crippen molar-refractivity contribution in [2.75, 3.05) is 32.1 Å². The molecule has 0 aromatic heterocycles. The molecular formula is C19H27N3O4S. The molecule has 2 rings (SSSR count). The molecule has 1 amide bonds. The normalized spacial score (nSPS) is 12.0. The Labute approximate surface area is 160 Å². The molecule has 0 radical (unpaired) electrons. The van der Waals surface area contributed by atoms with Crippen molar-refractivity contribution in [2.45, 2.75) is 31.3 Å². The number of carbonyl (C=O) groups is 1. The van der Waals surface area contributed by atoms with E-state index in [1.165, 1.54) is 0 Å². The lowest BCUT2D eigenvalue weighted by Gasteiger charge is -2.19. The van der Waals surface area contributed by atoms with Gasteiger partial charge in [-0.1, -0.05) is 24.3 Å². The zero-order chi connectivity index (χ0) is 20.2. The van der Waals surface area contributed by atoms with Crippen LogP contribution in [0.15, 0.2) is 41.3 Å². The summed E-state index contributed by atoms with van der Waals surface area (Å²) in [6.45, 7) is 5.47. The number of carbonyl (C=O) groups excluding carboxylic acids is 1. The number of benzene rings is 2. The Morgan fingerprint density at radius 1 is 1.04 bits per heavy atom. The minimum absolute atomic E-state index is 0.0608. The molecule has 0 unspecified atom stereocenters. The van der Waals surface area contributed by atoms with Crippen LogP contribution in [0.5, 0.6) is 0 Å². The van der Waals surface area contributed by atoms with Gasteiger partial charge < -0.3 is 15.0 Å². The molecule has 0 heterocycles. The molecule has 2 N–H and O–H groups in total. The maximum Gasteiger partial charge on any atom is 0.407 e. The van der Waals surface area contributed by atoms with E-state index in [4.69, 9.17) is 4.74 Å². The first-order valence-corrected chi connectivity index (χ1v) is 10.2. The lowest BCUT2D eigenvalue weighted by molar-refractivity contribution is 0.0529. The molecule has 8 heteroatoms. The van der Waals surface area contributed by atoms with Crippen molar-refractivity contribution < 1.29 is 17.9 Å². The topological polar surface area (TPSA) is 87.7 Å². The van der Waals surface area contributed by atoms with Gasteiger partial charge in [0.15, 0.2) is 0 Å². The van der Waals surface area contributed by atoms with E-state index in [2.05, 4.69) is 10.0 Å². The zero-order valence-electron chi connectivity index (χ0n) is 16.4. The third-order valence-electron chi connectivity index (χ3n) is 3.72. The summed E-state index contributed by atoms with van der Waals surface area (Å²) >= 11 is 0. The van der Waals surface area contributed by atoms with Gasteiger partial charge in [-0.2, -0.15) is 0 Å². The molecule has 0 aliphatic heterocycles. The Balaban J connectivity index is 2.11. The fourth-order valence-electron chi connectivity index (χ4n) is 2.63. The SMILES string of the molecule is CN(C)c1cccc2c(S(=O)(=O)NCCNC(=O)OC(C)(C)C)cccc12. The van der Waals surface area contributed by atoms with E-state index in [1.807, 2.05) is 37.2 Å². The van der Waals surface area contributed by atoms with Crippen LogP contribution >= 0.6 is 0 Å². The molecule has 2 aromatic rings. The highest BCUT2D eigenvalue weighted by atomic mass is 32.2. The maximum absolute atomic E-state index is 12.7. The second-order valence-corrected chi connectivity index (χ2v) is 9.08. The summed E-state index contributed by atoms with van der Waals surface area (Å²) in [5.74, 6) is 0. The van der Waals surface area contributed by atoms with Crippen molar-refractivity contribution >= 4 is 32.6 Å². The van der Waals surface area contributed by atoms with Gasteiger partial charge in [0.25, 0.3) is 0 Å². The Morgan fingerprint density at radius 3 is 2.30 bits per heavy atom. The number of fused-ring (bicyclic) bond motifs is 1. The van der Waals surface area contributed by atoms with Gasteiger partial charge in [0.2, 0.25) is 10.0 Å². The monoisotopic (exact) mass is 393 g/mol. The summed E-state index contributed by atoms with van der Waals surface area (Å²) in [5.41, 5.74) is 0.340. The van der Waals surface area contributed by atoms with Crippen LogP contribution in [-0.4, -0.2) is 47.3 Å². The number of rotatable bonds is 6. The summed E-state index contributed by atoms with van der Waals surface area (Å²) in [5, 5.41) is 4.04. The largest absolute Gasteiger partial charge is 0.444 e. The molecule has 27 heavy (non-hydrogen) atoms. The third kappa shape index (κ3) is 5.58. The number of ether oxygens (including phenoxy) is 1. The molecule has 0 spiro atoms. The van der Waals surface area contributed by atoms with Gasteiger partial charge in [-0.25, -0.2) is 17.9 Å². The van der Waals surface area contributed by atoms with Gasteiger partial charge in [0, 0.05) is 43.6 Å². The van der Waals surface area contributed by atoms with Crippen LogP contribution in [0.2, 0.25) is 0 Å². The minimum Gasteiger partial charge on any atom is -0.444 e. The Hall–Kier alpha value is -2.32. The van der Waals surface area contributed by atoms with Crippen LogP contribution in [-0.2, 0) is 14.8 Å². The van der Waals surface area contributed by atoms with E-state index < -0.39 is 21.7 Å². The van der Waals surface area contributed by atoms with E-state index in [1.54, 1.807) is 39.0 Å². The number of alkyl carbamates (subject to hydrolysis) is 1. The summed E-state index contributed by atoms with van der Waals surface area (Å²) in [7, 11) is 0.103. The average Bonchev–Trinajstić information content (AvgIpc) is 2.56. The highest BCUT2D eigenvalue weighted by molar-refractivity contribution is 7.89. The highest BCUT2D eigenvalue weighted by Crippen LogP contribution is 2.29. The first-order chi connectivity index (χ1) is 12.5. The first kappa shape index (κ1) is 21.0. The van der Waals surface area contributed by atoms with Crippen molar-refractivity contribution in [3.8, 4) is 0 Å². The zero-order valence-corrected chi connectivity index (χ0v) is 17.2. The summed E-state index contributed by atoms with van der Waals surface area (Å²) in [6, 6.07) is 10.8. The van der Waals surface area contributed by atoms with Crippen LogP contribution in [0, 0.1) is 0 Å². The van der Waals surface area contributed by atoms with Crippen molar-refractivity contribution in [1.29, 1.82) is 0 Å². The molecule has 0 saturated carbocycles. The third-order valence-corrected chi connectivity index (χ3v) is 5.23. The van der Waals surface area contributed by atoms with E-state index in [-0.39, 0.29) is 18.0 Å². The Morgan fingerprint density at radius 2 is 1.67 bits per heavy atom. The molecular weight excluding hydrogens is 366 g/mol. The van der Waals surface area contributed by atoms with Crippen molar-refractivity contribution in [3.05, 3.63) is 36.4 Å². The quantitative estimate of drug-likeness (QED) is 0.737. The van der Waals surface area contributed by atoms with Gasteiger partial charge in [-0.05, 0) is 32.9 Å². The van der Waals surface area contributed by atoms with Crippen LogP contribution in [0.4, 0.5) is 10.5 Å². The Bertz CT molecular complexity index is 918. The molecule has 0 fully saturated rings. The summed E-state index contributed by atoms with van der Waals surface area (Å²) < 4.78 is 33.1. The first-order valence-electron chi connectivity index (χ1n) is 8.67. The fourth-order valence-corrected chi connectivity index (χ4v) is 3.88. The van der Waals surface area contributed by atoms with Crippen molar-refractivity contribution in [2.24, 2.45) is 0 Å². The molecule has 2 aromatic carbocycles. The maximum atomic E-state index is 12.7. The van der Waals surface area contributed by atoms with Crippen LogP contribution in [0.1, 0.15) is 20.8 Å². The van der Waals surface area contributed by atoms with Gasteiger partial charge in [0.1, 0.15) is 5.60 Å². The van der Waals surface area contributed by atoms with Gasteiger partial charge in [0.05, 0.1) is 4.90 Å². The van der Waals surface area contributed by atoms with Gasteiger partial charge in [-0.15, -0.1) is 0 Å². The molecule has 0 bridgehead atoms. The summed E-state index contributed by atoms with van der Waals surface area (Å²) in [6.07, 6.45) is -0.581. The molecule has 0 atom stereocenters. The second kappa shape index (κ2) is 8.14. The smallest absolute Gasteiger partial charge is 0.407 e. The average molecular weight is 394 g/mol. The van der Waals surface area contributed by atoms with Crippen LogP contribution in [0.3, 0.4) is 0 Å². The number of nitrogens with zero attached hydrogens (tertiary/aromatic N) is 1. The van der Waals surface area contributed by atoms with Gasteiger partial charge >= 0.3 is 6.09 Å². The Kier molecular flexibility index (Phi) is 6.33. The number of hydrogen-bond acceptors (Lipinski definition) is 5. The minimum atomic E-state index is -3.72. The van der Waals surface area contributed by atoms with Crippen molar-refractivity contribution in [3.63, 3.8) is 0 Å². The van der Waals surface area contributed by atoms with E-state index >= 15 is 0 Å². The van der Waals surface area contributed by atoms with Crippen LogP contribution < -0.4 is 14.9 Å². The standard InChI is InChI=1S/C19H27N3O4S/c1-19(2,3)26-18(23)20-12-13-21-27(24,25)17-11-7-8-14-15(17)9-6-10-16(14)22(4)5/h6-11,21H,12-13H2,1-5H3,(H,20,23). The van der Waals surface area contributed by atoms with Gasteiger partial charge in [-0.3, -0.25) is 0 Å². The molecule has 7 nitrogen and oxygen atoms in total. The van der Waals surface area contributed by atoms with Crippen LogP contribution in [0.25, 0.3) is 10.8 Å². The predicted octanol–water partition coefficient (Wildman–Crippen LogP) is 2.71. The number of nitrogens with one attached hydrogen (secondary N) is 2. The highest BCUT2D eigenvalue weighted by Gasteiger charge is 2.19. The number of sulfonamides is 1. The molecule has 148 valence electrons. The molecule has 0 saturated heterocycles. The lowest BCUT2D eigenvalue weighted by Crippen LogP contribution is -2.37. The number of amides is 1. The summed E-state index contributed by atoms with van der Waals surface area (Å²) in [4.78, 5) is 13.8. The number of hydrogen-bond donors (Lipinski definition) is 2. The molecule has 0 aliphatic carbocycles. The molecule has 0 aliphatic rings. The van der Waals surface area contributed by atoms with E-state index in [0.29, 0.717) is 5.39 Å². The van der Waals surface area contributed by atoms with E-state index in [0.717, 1.165) is 11.1 Å². The second-order valence-electron chi connectivity index (χ2n) is 7.35. The van der Waals surface area contributed by atoms with Crippen molar-refractivity contribution in [1.82, 2.24) is 10.0 Å². The van der Waals surface area contributed by atoms with E-state index in [9.17, 15) is 13.2 Å².